The summed E-state index contributed by atoms with van der Waals surface area (Å²) in [6.07, 6.45) is 1.58. The molecule has 0 aromatic carbocycles. The topological polar surface area (TPSA) is 108 Å². The van der Waals surface area contributed by atoms with E-state index in [-0.39, 0.29) is 18.4 Å². The van der Waals surface area contributed by atoms with E-state index in [4.69, 9.17) is 5.11 Å². The Morgan fingerprint density at radius 2 is 1.94 bits per heavy atom. The minimum Gasteiger partial charge on any atom is -0.480 e. The average molecular weight is 243 g/mol. The number of rotatable bonds is 5. The van der Waals surface area contributed by atoms with E-state index >= 15 is 0 Å². The first-order valence-electron chi connectivity index (χ1n) is 5.40. The van der Waals surface area contributed by atoms with Crippen molar-refractivity contribution in [1.82, 2.24) is 16.0 Å². The number of likely N-dealkylation sites (N-methyl/N-ethyl adjacent to an activating group) is 1. The number of carbonyl (C=O) groups excluding carboxylic acids is 2. The molecule has 1 fully saturated rings. The van der Waals surface area contributed by atoms with E-state index in [0.29, 0.717) is 0 Å². The predicted molar refractivity (Wildman–Crippen MR) is 59.4 cm³/mol. The van der Waals surface area contributed by atoms with Crippen molar-refractivity contribution in [2.24, 2.45) is 5.92 Å². The van der Waals surface area contributed by atoms with Crippen LogP contribution >= 0.6 is 0 Å². The summed E-state index contributed by atoms with van der Waals surface area (Å²) in [5.74, 6) is -1.44. The highest BCUT2D eigenvalue weighted by atomic mass is 16.4. The number of carboxylic acids is 1. The van der Waals surface area contributed by atoms with Crippen molar-refractivity contribution in [3.8, 4) is 0 Å². The molecule has 0 aliphatic heterocycles. The monoisotopic (exact) mass is 243 g/mol. The molecule has 1 atom stereocenters. The fourth-order valence-corrected chi connectivity index (χ4v) is 1.52. The second-order valence-corrected chi connectivity index (χ2v) is 4.26. The number of nitrogens with one attached hydrogen (secondary N) is 3. The fourth-order valence-electron chi connectivity index (χ4n) is 1.52. The van der Waals surface area contributed by atoms with Crippen molar-refractivity contribution < 1.29 is 19.5 Å². The van der Waals surface area contributed by atoms with Crippen LogP contribution < -0.4 is 16.0 Å². The molecular formula is C10H17N3O4. The van der Waals surface area contributed by atoms with Crippen molar-refractivity contribution in [2.45, 2.75) is 25.3 Å². The second kappa shape index (κ2) is 5.03. The van der Waals surface area contributed by atoms with Crippen molar-refractivity contribution >= 4 is 17.9 Å². The third-order valence-corrected chi connectivity index (χ3v) is 2.90. The molecule has 1 aliphatic rings. The Labute approximate surface area is 98.9 Å². The number of amides is 3. The number of carboxylic acid groups (broad SMARTS) is 1. The van der Waals surface area contributed by atoms with E-state index in [1.807, 2.05) is 0 Å². The molecule has 0 spiro atoms. The summed E-state index contributed by atoms with van der Waals surface area (Å²) >= 11 is 0. The van der Waals surface area contributed by atoms with Gasteiger partial charge in [0.25, 0.3) is 0 Å². The standard InChI is InChI=1S/C10H17N3O4/c1-10(8(15)16,6-3-4-6)13-9(17)12-5-7(14)11-2/h6H,3-5H2,1-2H3,(H,11,14)(H,15,16)(H2,12,13,17). The van der Waals surface area contributed by atoms with Crippen molar-refractivity contribution in [1.29, 1.82) is 0 Å². The summed E-state index contributed by atoms with van der Waals surface area (Å²) in [4.78, 5) is 33.5. The Hall–Kier alpha value is -1.79. The van der Waals surface area contributed by atoms with Crippen LogP contribution in [-0.2, 0) is 9.59 Å². The largest absolute Gasteiger partial charge is 0.480 e. The molecule has 0 radical (unpaired) electrons. The molecule has 4 N–H and O–H groups in total. The lowest BCUT2D eigenvalue weighted by Crippen LogP contribution is -2.57. The predicted octanol–water partition coefficient (Wildman–Crippen LogP) is -0.715. The smallest absolute Gasteiger partial charge is 0.329 e. The van der Waals surface area contributed by atoms with Crippen LogP contribution in [0.25, 0.3) is 0 Å². The Morgan fingerprint density at radius 1 is 1.35 bits per heavy atom. The van der Waals surface area contributed by atoms with Crippen LogP contribution in [-0.4, -0.2) is 42.1 Å². The molecule has 0 aromatic heterocycles. The highest BCUT2D eigenvalue weighted by molar-refractivity contribution is 5.88. The van der Waals surface area contributed by atoms with E-state index < -0.39 is 17.5 Å². The number of hydrogen-bond acceptors (Lipinski definition) is 3. The normalized spacial score (nSPS) is 17.8. The lowest BCUT2D eigenvalue weighted by molar-refractivity contribution is -0.144. The second-order valence-electron chi connectivity index (χ2n) is 4.26. The van der Waals surface area contributed by atoms with Gasteiger partial charge in [-0.15, -0.1) is 0 Å². The maximum absolute atomic E-state index is 11.5. The quantitative estimate of drug-likeness (QED) is 0.511. The minimum atomic E-state index is -1.26. The van der Waals surface area contributed by atoms with Crippen molar-refractivity contribution in [3.05, 3.63) is 0 Å². The van der Waals surface area contributed by atoms with Gasteiger partial charge in [0, 0.05) is 7.05 Å². The number of carbonyl (C=O) groups is 3. The Bertz CT molecular complexity index is 340. The average Bonchev–Trinajstić information content (AvgIpc) is 3.09. The SMILES string of the molecule is CNC(=O)CNC(=O)NC(C)(C(=O)O)C1CC1. The summed E-state index contributed by atoms with van der Waals surface area (Å²) in [7, 11) is 1.45. The van der Waals surface area contributed by atoms with Crippen molar-refractivity contribution in [2.75, 3.05) is 13.6 Å². The molecule has 17 heavy (non-hydrogen) atoms. The van der Waals surface area contributed by atoms with Crippen LogP contribution in [0.4, 0.5) is 4.79 Å². The van der Waals surface area contributed by atoms with E-state index in [0.717, 1.165) is 12.8 Å². The Morgan fingerprint density at radius 3 is 2.35 bits per heavy atom. The number of urea groups is 1. The third-order valence-electron chi connectivity index (χ3n) is 2.90. The summed E-state index contributed by atoms with van der Waals surface area (Å²) in [5, 5.41) is 16.1. The van der Waals surface area contributed by atoms with Crippen LogP contribution in [0.1, 0.15) is 19.8 Å². The summed E-state index contributed by atoms with van der Waals surface area (Å²) in [5.41, 5.74) is -1.26. The molecule has 1 saturated carbocycles. The maximum Gasteiger partial charge on any atom is 0.329 e. The van der Waals surface area contributed by atoms with Gasteiger partial charge in [0.2, 0.25) is 5.91 Å². The maximum atomic E-state index is 11.5. The van der Waals surface area contributed by atoms with Gasteiger partial charge in [-0.1, -0.05) is 0 Å². The van der Waals surface area contributed by atoms with Gasteiger partial charge in [-0.2, -0.15) is 0 Å². The molecule has 3 amide bonds. The van der Waals surface area contributed by atoms with E-state index in [1.54, 1.807) is 0 Å². The molecule has 7 heteroatoms. The van der Waals surface area contributed by atoms with Gasteiger partial charge in [-0.3, -0.25) is 4.79 Å². The molecule has 7 nitrogen and oxygen atoms in total. The van der Waals surface area contributed by atoms with Crippen LogP contribution in [0.2, 0.25) is 0 Å². The van der Waals surface area contributed by atoms with Gasteiger partial charge in [-0.05, 0) is 25.7 Å². The van der Waals surface area contributed by atoms with Gasteiger partial charge in [0.05, 0.1) is 6.54 Å². The molecule has 0 bridgehead atoms. The summed E-state index contributed by atoms with van der Waals surface area (Å²) in [6, 6.07) is -0.648. The molecule has 0 aromatic rings. The van der Waals surface area contributed by atoms with Gasteiger partial charge < -0.3 is 21.1 Å². The van der Waals surface area contributed by atoms with Crippen LogP contribution in [0.15, 0.2) is 0 Å². The molecular weight excluding hydrogens is 226 g/mol. The van der Waals surface area contributed by atoms with Crippen LogP contribution in [0.5, 0.6) is 0 Å². The van der Waals surface area contributed by atoms with Gasteiger partial charge in [0.1, 0.15) is 5.54 Å². The van der Waals surface area contributed by atoms with E-state index in [2.05, 4.69) is 16.0 Å². The third kappa shape index (κ3) is 3.33. The lowest BCUT2D eigenvalue weighted by atomic mass is 9.96. The van der Waals surface area contributed by atoms with Crippen molar-refractivity contribution in [3.63, 3.8) is 0 Å². The molecule has 1 aliphatic carbocycles. The first kappa shape index (κ1) is 13.3. The number of hydrogen-bond donors (Lipinski definition) is 4. The summed E-state index contributed by atoms with van der Waals surface area (Å²) in [6.45, 7) is 1.30. The van der Waals surface area contributed by atoms with Gasteiger partial charge in [-0.25, -0.2) is 9.59 Å². The van der Waals surface area contributed by atoms with Crippen LogP contribution in [0.3, 0.4) is 0 Å². The number of aliphatic carboxylic acids is 1. The first-order chi connectivity index (χ1) is 7.90. The zero-order valence-electron chi connectivity index (χ0n) is 9.87. The molecule has 1 rings (SSSR count). The Balaban J connectivity index is 2.48. The van der Waals surface area contributed by atoms with Gasteiger partial charge in [0.15, 0.2) is 0 Å². The fraction of sp³-hybridized carbons (Fsp3) is 0.700. The van der Waals surface area contributed by atoms with Crippen LogP contribution in [0, 0.1) is 5.92 Å². The molecule has 96 valence electrons. The minimum absolute atomic E-state index is 0.0363. The molecule has 0 heterocycles. The highest BCUT2D eigenvalue weighted by Crippen LogP contribution is 2.39. The lowest BCUT2D eigenvalue weighted by Gasteiger charge is -2.26. The zero-order chi connectivity index (χ0) is 13.1. The molecule has 0 saturated heterocycles. The highest BCUT2D eigenvalue weighted by Gasteiger charge is 2.48. The Kier molecular flexibility index (Phi) is 3.93. The van der Waals surface area contributed by atoms with E-state index in [1.165, 1.54) is 14.0 Å². The summed E-state index contributed by atoms with van der Waals surface area (Å²) < 4.78 is 0. The first-order valence-corrected chi connectivity index (χ1v) is 5.40. The zero-order valence-corrected chi connectivity index (χ0v) is 9.87. The molecule has 1 unspecified atom stereocenters. The van der Waals surface area contributed by atoms with Gasteiger partial charge >= 0.3 is 12.0 Å². The van der Waals surface area contributed by atoms with E-state index in [9.17, 15) is 14.4 Å².